The molecule has 2 aromatic rings. The fraction of sp³-hybridized carbons (Fsp3) is 0.235. The van der Waals surface area contributed by atoms with Crippen molar-refractivity contribution in [3.05, 3.63) is 60.2 Å². The lowest BCUT2D eigenvalue weighted by atomic mass is 10.2. The lowest BCUT2D eigenvalue weighted by Gasteiger charge is -2.33. The molecule has 1 unspecified atom stereocenters. The van der Waals surface area contributed by atoms with Crippen LogP contribution in [0.4, 0.5) is 10.5 Å². The molecule has 1 atom stereocenters. The average Bonchev–Trinajstić information content (AvgIpc) is 2.59. The summed E-state index contributed by atoms with van der Waals surface area (Å²) >= 11 is 0. The predicted octanol–water partition coefficient (Wildman–Crippen LogP) is 2.58. The van der Waals surface area contributed by atoms with Gasteiger partial charge in [-0.25, -0.2) is 4.79 Å². The molecule has 1 heterocycles. The van der Waals surface area contributed by atoms with E-state index in [1.54, 1.807) is 12.1 Å². The van der Waals surface area contributed by atoms with Gasteiger partial charge in [0.1, 0.15) is 18.5 Å². The van der Waals surface area contributed by atoms with Gasteiger partial charge in [0.25, 0.3) is 0 Å². The maximum absolute atomic E-state index is 12.4. The van der Waals surface area contributed by atoms with Gasteiger partial charge in [-0.15, -0.1) is 0 Å². The van der Waals surface area contributed by atoms with E-state index in [-0.39, 0.29) is 19.8 Å². The maximum Gasteiger partial charge on any atom is 0.414 e. The zero-order valence-electron chi connectivity index (χ0n) is 12.0. The molecule has 0 aliphatic carbocycles. The fourth-order valence-corrected chi connectivity index (χ4v) is 2.36. The van der Waals surface area contributed by atoms with Gasteiger partial charge in [0.15, 0.2) is 0 Å². The molecule has 1 N–H and O–H groups in total. The molecule has 0 radical (unpaired) electrons. The quantitative estimate of drug-likeness (QED) is 0.946. The monoisotopic (exact) mass is 299 g/mol. The number of nitrogens with zero attached hydrogens (tertiary/aromatic N) is 1. The second-order valence-corrected chi connectivity index (χ2v) is 5.04. The molecule has 5 heteroatoms. The number of rotatable bonds is 3. The Morgan fingerprint density at radius 3 is 2.68 bits per heavy atom. The van der Waals surface area contributed by atoms with Crippen LogP contribution in [-0.4, -0.2) is 30.5 Å². The SMILES string of the molecule is O=C(OCc1ccccc1)N1CC(CO)Oc2ccccc21. The van der Waals surface area contributed by atoms with Gasteiger partial charge in [-0.3, -0.25) is 4.90 Å². The highest BCUT2D eigenvalue weighted by Gasteiger charge is 2.30. The van der Waals surface area contributed by atoms with Crippen molar-refractivity contribution in [3.63, 3.8) is 0 Å². The fourth-order valence-electron chi connectivity index (χ4n) is 2.36. The van der Waals surface area contributed by atoms with Crippen molar-refractivity contribution in [1.29, 1.82) is 0 Å². The van der Waals surface area contributed by atoms with E-state index < -0.39 is 12.2 Å². The highest BCUT2D eigenvalue weighted by atomic mass is 16.6. The zero-order chi connectivity index (χ0) is 15.4. The summed E-state index contributed by atoms with van der Waals surface area (Å²) in [5.74, 6) is 0.574. The first-order chi connectivity index (χ1) is 10.8. The Labute approximate surface area is 128 Å². The Bertz CT molecular complexity index is 644. The van der Waals surface area contributed by atoms with E-state index in [9.17, 15) is 9.90 Å². The van der Waals surface area contributed by atoms with E-state index >= 15 is 0 Å². The molecule has 0 saturated carbocycles. The van der Waals surface area contributed by atoms with Crippen molar-refractivity contribution >= 4 is 11.8 Å². The number of para-hydroxylation sites is 2. The first kappa shape index (κ1) is 14.4. The molecule has 0 aromatic heterocycles. The number of aliphatic hydroxyl groups is 1. The molecule has 0 saturated heterocycles. The molecular formula is C17H17NO4. The molecule has 1 aliphatic heterocycles. The molecule has 0 fully saturated rings. The van der Waals surface area contributed by atoms with Gasteiger partial charge in [0, 0.05) is 0 Å². The minimum Gasteiger partial charge on any atom is -0.484 e. The van der Waals surface area contributed by atoms with Gasteiger partial charge >= 0.3 is 6.09 Å². The Morgan fingerprint density at radius 2 is 1.91 bits per heavy atom. The lowest BCUT2D eigenvalue weighted by Crippen LogP contribution is -2.45. The minimum atomic E-state index is -0.446. The largest absolute Gasteiger partial charge is 0.484 e. The van der Waals surface area contributed by atoms with Gasteiger partial charge in [0.05, 0.1) is 18.8 Å². The second-order valence-electron chi connectivity index (χ2n) is 5.04. The van der Waals surface area contributed by atoms with Gasteiger partial charge in [-0.2, -0.15) is 0 Å². The minimum absolute atomic E-state index is 0.156. The number of amides is 1. The number of aliphatic hydroxyl groups excluding tert-OH is 1. The number of hydrogen-bond donors (Lipinski definition) is 1. The van der Waals surface area contributed by atoms with Crippen LogP contribution in [0.2, 0.25) is 0 Å². The topological polar surface area (TPSA) is 59.0 Å². The van der Waals surface area contributed by atoms with Crippen LogP contribution in [0.15, 0.2) is 54.6 Å². The third kappa shape index (κ3) is 3.04. The first-order valence-electron chi connectivity index (χ1n) is 7.12. The third-order valence-electron chi connectivity index (χ3n) is 3.47. The second kappa shape index (κ2) is 6.49. The predicted molar refractivity (Wildman–Crippen MR) is 81.9 cm³/mol. The number of anilines is 1. The Morgan fingerprint density at radius 1 is 1.18 bits per heavy atom. The van der Waals surface area contributed by atoms with Crippen molar-refractivity contribution in [3.8, 4) is 5.75 Å². The number of ether oxygens (including phenoxy) is 2. The van der Waals surface area contributed by atoms with Crippen molar-refractivity contribution in [2.75, 3.05) is 18.1 Å². The number of benzene rings is 2. The van der Waals surface area contributed by atoms with Crippen molar-refractivity contribution in [2.45, 2.75) is 12.7 Å². The summed E-state index contributed by atoms with van der Waals surface area (Å²) in [6.07, 6.45) is -0.891. The summed E-state index contributed by atoms with van der Waals surface area (Å²) < 4.78 is 11.0. The van der Waals surface area contributed by atoms with Crippen molar-refractivity contribution in [2.24, 2.45) is 0 Å². The van der Waals surface area contributed by atoms with Crippen LogP contribution in [0.25, 0.3) is 0 Å². The Hall–Kier alpha value is -2.53. The van der Waals surface area contributed by atoms with E-state index in [2.05, 4.69) is 0 Å². The summed E-state index contributed by atoms with van der Waals surface area (Å²) in [7, 11) is 0. The van der Waals surface area contributed by atoms with Crippen LogP contribution in [-0.2, 0) is 11.3 Å². The molecule has 1 amide bonds. The highest BCUT2D eigenvalue weighted by Crippen LogP contribution is 2.33. The molecule has 114 valence electrons. The van der Waals surface area contributed by atoms with Gasteiger partial charge < -0.3 is 14.6 Å². The molecule has 0 bridgehead atoms. The molecular weight excluding hydrogens is 282 g/mol. The van der Waals surface area contributed by atoms with Crippen LogP contribution in [0.3, 0.4) is 0 Å². The Balaban J connectivity index is 1.74. The zero-order valence-corrected chi connectivity index (χ0v) is 12.0. The van der Waals surface area contributed by atoms with Crippen molar-refractivity contribution < 1.29 is 19.4 Å². The lowest BCUT2D eigenvalue weighted by molar-refractivity contribution is 0.103. The van der Waals surface area contributed by atoms with Crippen LogP contribution >= 0.6 is 0 Å². The molecule has 2 aromatic carbocycles. The summed E-state index contributed by atoms with van der Waals surface area (Å²) in [6.45, 7) is 0.320. The molecule has 0 spiro atoms. The van der Waals surface area contributed by atoms with Gasteiger partial charge in [0.2, 0.25) is 0 Å². The standard InChI is InChI=1S/C17H17NO4/c19-11-14-10-18(15-8-4-5-9-16(15)22-14)17(20)21-12-13-6-2-1-3-7-13/h1-9,14,19H,10-12H2. The summed E-state index contributed by atoms with van der Waals surface area (Å²) in [6, 6.07) is 16.7. The smallest absolute Gasteiger partial charge is 0.414 e. The van der Waals surface area contributed by atoms with Gasteiger partial charge in [-0.1, -0.05) is 42.5 Å². The van der Waals surface area contributed by atoms with Crippen LogP contribution in [0.5, 0.6) is 5.75 Å². The number of fused-ring (bicyclic) bond motifs is 1. The van der Waals surface area contributed by atoms with Crippen LogP contribution < -0.4 is 9.64 Å². The van der Waals surface area contributed by atoms with E-state index in [1.165, 1.54) is 4.90 Å². The average molecular weight is 299 g/mol. The summed E-state index contributed by atoms with van der Waals surface area (Å²) in [5.41, 5.74) is 1.58. The van der Waals surface area contributed by atoms with Crippen LogP contribution in [0, 0.1) is 0 Å². The molecule has 5 nitrogen and oxygen atoms in total. The molecule has 1 aliphatic rings. The molecule has 22 heavy (non-hydrogen) atoms. The normalized spacial score (nSPS) is 16.6. The number of carbonyl (C=O) groups excluding carboxylic acids is 1. The summed E-state index contributed by atoms with van der Waals surface area (Å²) in [5, 5.41) is 9.32. The number of carbonyl (C=O) groups is 1. The van der Waals surface area contributed by atoms with E-state index in [4.69, 9.17) is 9.47 Å². The van der Waals surface area contributed by atoms with Crippen molar-refractivity contribution in [1.82, 2.24) is 0 Å². The maximum atomic E-state index is 12.4. The third-order valence-corrected chi connectivity index (χ3v) is 3.47. The Kier molecular flexibility index (Phi) is 4.25. The summed E-state index contributed by atoms with van der Waals surface area (Å²) in [4.78, 5) is 13.9. The highest BCUT2D eigenvalue weighted by molar-refractivity contribution is 5.90. The van der Waals surface area contributed by atoms with E-state index in [0.717, 1.165) is 5.56 Å². The number of hydrogen-bond acceptors (Lipinski definition) is 4. The van der Waals surface area contributed by atoms with Gasteiger partial charge in [-0.05, 0) is 17.7 Å². The van der Waals surface area contributed by atoms with Crippen LogP contribution in [0.1, 0.15) is 5.56 Å². The van der Waals surface area contributed by atoms with E-state index in [1.807, 2.05) is 42.5 Å². The molecule has 3 rings (SSSR count). The van der Waals surface area contributed by atoms with E-state index in [0.29, 0.717) is 11.4 Å². The first-order valence-corrected chi connectivity index (χ1v) is 7.12.